The largest absolute Gasteiger partial charge is 0.497 e. The van der Waals surface area contributed by atoms with Crippen LogP contribution < -0.4 is 15.4 Å². The van der Waals surface area contributed by atoms with Crippen LogP contribution >= 0.6 is 0 Å². The fraction of sp³-hybridized carbons (Fsp3) is 0.588. The van der Waals surface area contributed by atoms with E-state index in [1.54, 1.807) is 7.11 Å². The third-order valence-corrected chi connectivity index (χ3v) is 3.05. The van der Waals surface area contributed by atoms with Crippen molar-refractivity contribution >= 4 is 5.96 Å². The van der Waals surface area contributed by atoms with E-state index in [1.807, 2.05) is 12.1 Å². The van der Waals surface area contributed by atoms with Gasteiger partial charge in [0.2, 0.25) is 0 Å². The van der Waals surface area contributed by atoms with Crippen molar-refractivity contribution in [2.45, 2.75) is 33.6 Å². The highest BCUT2D eigenvalue weighted by atomic mass is 16.5. The van der Waals surface area contributed by atoms with Gasteiger partial charge in [-0.05, 0) is 43.4 Å². The second-order valence-corrected chi connectivity index (χ2v) is 5.49. The van der Waals surface area contributed by atoms with Crippen molar-refractivity contribution in [2.24, 2.45) is 10.9 Å². The number of hydrogen-bond donors (Lipinski definition) is 2. The lowest BCUT2D eigenvalue weighted by Gasteiger charge is -2.12. The van der Waals surface area contributed by atoms with Gasteiger partial charge in [0, 0.05) is 19.6 Å². The number of rotatable bonds is 8. The summed E-state index contributed by atoms with van der Waals surface area (Å²) in [6.45, 7) is 9.11. The predicted octanol–water partition coefficient (Wildman–Crippen LogP) is 2.84. The average molecular weight is 291 g/mol. The summed E-state index contributed by atoms with van der Waals surface area (Å²) >= 11 is 0. The number of benzene rings is 1. The average Bonchev–Trinajstić information content (AvgIpc) is 2.49. The molecule has 0 spiro atoms. The van der Waals surface area contributed by atoms with E-state index in [-0.39, 0.29) is 0 Å². The third-order valence-electron chi connectivity index (χ3n) is 3.05. The molecule has 0 bridgehead atoms. The van der Waals surface area contributed by atoms with Crippen LogP contribution in [-0.4, -0.2) is 32.7 Å². The lowest BCUT2D eigenvalue weighted by Crippen LogP contribution is -2.38. The molecule has 0 fully saturated rings. The van der Waals surface area contributed by atoms with Crippen LogP contribution in [0.3, 0.4) is 0 Å². The van der Waals surface area contributed by atoms with Gasteiger partial charge in [0.15, 0.2) is 5.96 Å². The minimum Gasteiger partial charge on any atom is -0.497 e. The van der Waals surface area contributed by atoms with E-state index in [4.69, 9.17) is 4.74 Å². The fourth-order valence-corrected chi connectivity index (χ4v) is 1.91. The van der Waals surface area contributed by atoms with Gasteiger partial charge in [0.05, 0.1) is 7.11 Å². The van der Waals surface area contributed by atoms with Crippen molar-refractivity contribution in [3.8, 4) is 5.75 Å². The Morgan fingerprint density at radius 1 is 1.19 bits per heavy atom. The second kappa shape index (κ2) is 10.1. The Labute approximate surface area is 129 Å². The van der Waals surface area contributed by atoms with Gasteiger partial charge in [-0.25, -0.2) is 0 Å². The molecule has 0 heterocycles. The summed E-state index contributed by atoms with van der Waals surface area (Å²) in [4.78, 5) is 4.56. The molecule has 0 saturated carbocycles. The van der Waals surface area contributed by atoms with Gasteiger partial charge in [-0.2, -0.15) is 0 Å². The molecule has 0 aliphatic rings. The Morgan fingerprint density at radius 2 is 1.90 bits per heavy atom. The van der Waals surface area contributed by atoms with Crippen LogP contribution in [0.1, 0.15) is 32.8 Å². The molecule has 1 rings (SSSR count). The first-order valence-electron chi connectivity index (χ1n) is 7.80. The van der Waals surface area contributed by atoms with Crippen molar-refractivity contribution in [3.05, 3.63) is 29.8 Å². The van der Waals surface area contributed by atoms with Crippen molar-refractivity contribution in [3.63, 3.8) is 0 Å². The maximum atomic E-state index is 5.16. The topological polar surface area (TPSA) is 45.7 Å². The highest BCUT2D eigenvalue weighted by Gasteiger charge is 1.99. The van der Waals surface area contributed by atoms with Crippen LogP contribution in [0.4, 0.5) is 0 Å². The molecule has 0 aliphatic carbocycles. The third kappa shape index (κ3) is 7.59. The maximum Gasteiger partial charge on any atom is 0.191 e. The number of aryl methyl sites for hydroxylation is 1. The number of nitrogens with zero attached hydrogens (tertiary/aromatic N) is 1. The minimum absolute atomic E-state index is 0.583. The number of hydrogen-bond acceptors (Lipinski definition) is 2. The number of guanidine groups is 1. The monoisotopic (exact) mass is 291 g/mol. The maximum absolute atomic E-state index is 5.16. The Morgan fingerprint density at radius 3 is 2.48 bits per heavy atom. The molecule has 0 radical (unpaired) electrons. The summed E-state index contributed by atoms with van der Waals surface area (Å²) < 4.78 is 5.16. The van der Waals surface area contributed by atoms with E-state index in [0.29, 0.717) is 5.92 Å². The van der Waals surface area contributed by atoms with Gasteiger partial charge in [-0.15, -0.1) is 0 Å². The summed E-state index contributed by atoms with van der Waals surface area (Å²) in [5.41, 5.74) is 1.33. The van der Waals surface area contributed by atoms with E-state index in [1.165, 1.54) is 5.56 Å². The number of ether oxygens (including phenoxy) is 1. The molecule has 4 nitrogen and oxygen atoms in total. The minimum atomic E-state index is 0.583. The van der Waals surface area contributed by atoms with Crippen molar-refractivity contribution in [1.29, 1.82) is 0 Å². The molecule has 0 aromatic heterocycles. The highest BCUT2D eigenvalue weighted by molar-refractivity contribution is 5.79. The Hall–Kier alpha value is -1.71. The summed E-state index contributed by atoms with van der Waals surface area (Å²) in [5.74, 6) is 2.41. The van der Waals surface area contributed by atoms with Crippen LogP contribution in [0.15, 0.2) is 29.3 Å². The van der Waals surface area contributed by atoms with Crippen LogP contribution in [0.2, 0.25) is 0 Å². The molecule has 0 aliphatic heterocycles. The summed E-state index contributed by atoms with van der Waals surface area (Å²) in [5, 5.41) is 6.66. The molecule has 21 heavy (non-hydrogen) atoms. The molecular weight excluding hydrogens is 262 g/mol. The molecule has 0 atom stereocenters. The SMILES string of the molecule is CCNC(=NCC(C)C)NCCCc1ccc(OC)cc1. The first-order valence-corrected chi connectivity index (χ1v) is 7.80. The molecule has 2 N–H and O–H groups in total. The smallest absolute Gasteiger partial charge is 0.191 e. The quantitative estimate of drug-likeness (QED) is 0.440. The van der Waals surface area contributed by atoms with E-state index in [0.717, 1.165) is 44.2 Å². The number of methoxy groups -OCH3 is 1. The van der Waals surface area contributed by atoms with E-state index >= 15 is 0 Å². The van der Waals surface area contributed by atoms with Gasteiger partial charge in [-0.1, -0.05) is 26.0 Å². The molecule has 0 unspecified atom stereocenters. The van der Waals surface area contributed by atoms with Gasteiger partial charge in [0.25, 0.3) is 0 Å². The van der Waals surface area contributed by atoms with Gasteiger partial charge < -0.3 is 15.4 Å². The molecule has 0 saturated heterocycles. The summed E-state index contributed by atoms with van der Waals surface area (Å²) in [6.07, 6.45) is 2.14. The zero-order valence-electron chi connectivity index (χ0n) is 13.8. The van der Waals surface area contributed by atoms with Crippen molar-refractivity contribution in [1.82, 2.24) is 10.6 Å². The number of nitrogens with one attached hydrogen (secondary N) is 2. The molecule has 4 heteroatoms. The Kier molecular flexibility index (Phi) is 8.32. The van der Waals surface area contributed by atoms with Crippen LogP contribution in [0.25, 0.3) is 0 Å². The Bertz CT molecular complexity index is 413. The zero-order chi connectivity index (χ0) is 15.5. The van der Waals surface area contributed by atoms with Crippen molar-refractivity contribution in [2.75, 3.05) is 26.7 Å². The molecule has 1 aromatic carbocycles. The highest BCUT2D eigenvalue weighted by Crippen LogP contribution is 2.12. The van der Waals surface area contributed by atoms with E-state index in [9.17, 15) is 0 Å². The molecule has 118 valence electrons. The van der Waals surface area contributed by atoms with Gasteiger partial charge >= 0.3 is 0 Å². The van der Waals surface area contributed by atoms with E-state index < -0.39 is 0 Å². The van der Waals surface area contributed by atoms with Gasteiger partial charge in [0.1, 0.15) is 5.75 Å². The summed E-state index contributed by atoms with van der Waals surface area (Å²) in [7, 11) is 1.69. The predicted molar refractivity (Wildman–Crippen MR) is 90.1 cm³/mol. The number of aliphatic imine (C=N–C) groups is 1. The first kappa shape index (κ1) is 17.3. The van der Waals surface area contributed by atoms with Crippen LogP contribution in [0.5, 0.6) is 5.75 Å². The first-order chi connectivity index (χ1) is 10.2. The standard InChI is InChI=1S/C17H29N3O/c1-5-18-17(20-13-14(2)3)19-12-6-7-15-8-10-16(21-4)11-9-15/h8-11,14H,5-7,12-13H2,1-4H3,(H2,18,19,20). The lowest BCUT2D eigenvalue weighted by atomic mass is 10.1. The summed E-state index contributed by atoms with van der Waals surface area (Å²) in [6, 6.07) is 8.27. The van der Waals surface area contributed by atoms with Crippen molar-refractivity contribution < 1.29 is 4.74 Å². The van der Waals surface area contributed by atoms with Gasteiger partial charge in [-0.3, -0.25) is 4.99 Å². The lowest BCUT2D eigenvalue weighted by molar-refractivity contribution is 0.414. The molecule has 0 amide bonds. The molecule has 1 aromatic rings. The van der Waals surface area contributed by atoms with Crippen LogP contribution in [0, 0.1) is 5.92 Å². The fourth-order valence-electron chi connectivity index (χ4n) is 1.91. The Balaban J connectivity index is 2.31. The second-order valence-electron chi connectivity index (χ2n) is 5.49. The molecular formula is C17H29N3O. The van der Waals surface area contributed by atoms with E-state index in [2.05, 4.69) is 48.5 Å². The normalized spacial score (nSPS) is 11.6. The zero-order valence-corrected chi connectivity index (χ0v) is 13.8. The van der Waals surface area contributed by atoms with Crippen LogP contribution in [-0.2, 0) is 6.42 Å².